The molecule has 0 aliphatic carbocycles. The summed E-state index contributed by atoms with van der Waals surface area (Å²) in [5.74, 6) is 2.15. The Morgan fingerprint density at radius 2 is 2.31 bits per heavy atom. The number of rotatable bonds is 1. The molecule has 1 aromatic carbocycles. The Kier molecular flexibility index (Phi) is 2.28. The van der Waals surface area contributed by atoms with Crippen LogP contribution in [0, 0.1) is 0 Å². The molecule has 84 valence electrons. The Morgan fingerprint density at radius 3 is 3.12 bits per heavy atom. The van der Waals surface area contributed by atoms with Gasteiger partial charge in [0.25, 0.3) is 0 Å². The van der Waals surface area contributed by atoms with Crippen LogP contribution in [0.25, 0.3) is 0 Å². The Morgan fingerprint density at radius 1 is 1.44 bits per heavy atom. The van der Waals surface area contributed by atoms with Crippen molar-refractivity contribution in [2.24, 2.45) is 4.99 Å². The normalized spacial score (nSPS) is 16.8. The summed E-state index contributed by atoms with van der Waals surface area (Å²) in [6, 6.07) is 2.01. The predicted molar refractivity (Wildman–Crippen MR) is 63.2 cm³/mol. The number of nitrogens with zero attached hydrogens (tertiary/aromatic N) is 1. The lowest BCUT2D eigenvalue weighted by molar-refractivity contribution is 0.171. The van der Waals surface area contributed by atoms with E-state index in [0.29, 0.717) is 11.5 Å². The third-order valence-corrected chi connectivity index (χ3v) is 3.39. The van der Waals surface area contributed by atoms with Gasteiger partial charge in [0, 0.05) is 6.54 Å². The highest BCUT2D eigenvalue weighted by Crippen LogP contribution is 2.46. The van der Waals surface area contributed by atoms with Crippen LogP contribution >= 0.6 is 15.9 Å². The second kappa shape index (κ2) is 3.66. The third kappa shape index (κ3) is 1.31. The predicted octanol–water partition coefficient (Wildman–Crippen LogP) is 2.12. The molecule has 2 aliphatic heterocycles. The number of hydrogen-bond donors (Lipinski definition) is 0. The molecule has 0 atom stereocenters. The Balaban J connectivity index is 2.28. The van der Waals surface area contributed by atoms with Crippen LogP contribution < -0.4 is 14.2 Å². The maximum absolute atomic E-state index is 5.41. The molecule has 0 radical (unpaired) electrons. The highest BCUT2D eigenvalue weighted by atomic mass is 79.9. The van der Waals surface area contributed by atoms with Gasteiger partial charge in [0.1, 0.15) is 4.62 Å². The molecule has 5 heteroatoms. The molecule has 0 amide bonds. The van der Waals surface area contributed by atoms with E-state index in [1.165, 1.54) is 5.56 Å². The number of fused-ring (bicyclic) bond motifs is 2. The van der Waals surface area contributed by atoms with Gasteiger partial charge in [-0.25, -0.2) is 0 Å². The lowest BCUT2D eigenvalue weighted by Gasteiger charge is -2.17. The minimum atomic E-state index is 0.253. The molecule has 0 unspecified atom stereocenters. The molecule has 0 N–H and O–H groups in total. The molecule has 2 heterocycles. The van der Waals surface area contributed by atoms with Crippen LogP contribution in [-0.2, 0) is 6.42 Å². The van der Waals surface area contributed by atoms with Gasteiger partial charge in [0.2, 0.25) is 12.5 Å². The number of halogens is 1. The topological polar surface area (TPSA) is 40.0 Å². The lowest BCUT2D eigenvalue weighted by Crippen LogP contribution is -2.10. The number of ether oxygens (including phenoxy) is 3. The zero-order valence-electron chi connectivity index (χ0n) is 8.75. The van der Waals surface area contributed by atoms with Gasteiger partial charge in [0.15, 0.2) is 11.5 Å². The first-order valence-electron chi connectivity index (χ1n) is 5.01. The van der Waals surface area contributed by atoms with Gasteiger partial charge >= 0.3 is 0 Å². The van der Waals surface area contributed by atoms with Gasteiger partial charge in [0.05, 0.1) is 12.7 Å². The minimum Gasteiger partial charge on any atom is -0.492 e. The van der Waals surface area contributed by atoms with Crippen molar-refractivity contribution in [1.82, 2.24) is 0 Å². The summed E-state index contributed by atoms with van der Waals surface area (Å²) in [6.45, 7) is 1.04. The van der Waals surface area contributed by atoms with E-state index in [-0.39, 0.29) is 6.79 Å². The summed E-state index contributed by atoms with van der Waals surface area (Å²) in [7, 11) is 1.63. The largest absolute Gasteiger partial charge is 0.492 e. The van der Waals surface area contributed by atoms with Crippen molar-refractivity contribution in [2.75, 3.05) is 20.4 Å². The fourth-order valence-electron chi connectivity index (χ4n) is 2.03. The molecule has 3 rings (SSSR count). The Labute approximate surface area is 101 Å². The van der Waals surface area contributed by atoms with Crippen molar-refractivity contribution in [1.29, 1.82) is 0 Å². The number of aliphatic imine (C=N–C) groups is 1. The quantitative estimate of drug-likeness (QED) is 0.793. The van der Waals surface area contributed by atoms with Crippen LogP contribution in [0.15, 0.2) is 11.1 Å². The summed E-state index contributed by atoms with van der Waals surface area (Å²) in [4.78, 5) is 4.36. The van der Waals surface area contributed by atoms with E-state index in [2.05, 4.69) is 20.9 Å². The second-order valence-corrected chi connectivity index (χ2v) is 4.35. The maximum atomic E-state index is 5.41. The molecule has 0 fully saturated rings. The van der Waals surface area contributed by atoms with E-state index >= 15 is 0 Å². The van der Waals surface area contributed by atoms with Crippen molar-refractivity contribution < 1.29 is 14.2 Å². The van der Waals surface area contributed by atoms with Gasteiger partial charge in [-0.15, -0.1) is 0 Å². The molecule has 0 spiro atoms. The van der Waals surface area contributed by atoms with Crippen LogP contribution in [-0.4, -0.2) is 25.1 Å². The van der Waals surface area contributed by atoms with E-state index in [9.17, 15) is 0 Å². The summed E-state index contributed by atoms with van der Waals surface area (Å²) >= 11 is 3.46. The molecule has 0 bridgehead atoms. The van der Waals surface area contributed by atoms with Gasteiger partial charge in [-0.2, -0.15) is 0 Å². The monoisotopic (exact) mass is 283 g/mol. The van der Waals surface area contributed by atoms with Crippen LogP contribution in [0.2, 0.25) is 0 Å². The molecule has 16 heavy (non-hydrogen) atoms. The smallest absolute Gasteiger partial charge is 0.231 e. The zero-order valence-corrected chi connectivity index (χ0v) is 10.3. The van der Waals surface area contributed by atoms with Crippen LogP contribution in [0.4, 0.5) is 0 Å². The highest BCUT2D eigenvalue weighted by molar-refractivity contribution is 9.18. The Bertz CT molecular complexity index is 485. The van der Waals surface area contributed by atoms with E-state index < -0.39 is 0 Å². The van der Waals surface area contributed by atoms with E-state index in [1.807, 2.05) is 6.07 Å². The highest BCUT2D eigenvalue weighted by Gasteiger charge is 2.28. The average molecular weight is 284 g/mol. The molecule has 1 aromatic rings. The van der Waals surface area contributed by atoms with E-state index in [4.69, 9.17) is 14.2 Å². The molecular formula is C11H10BrNO3. The van der Waals surface area contributed by atoms with Crippen molar-refractivity contribution in [3.63, 3.8) is 0 Å². The summed E-state index contributed by atoms with van der Waals surface area (Å²) < 4.78 is 17.0. The Hall–Kier alpha value is -1.23. The number of hydrogen-bond acceptors (Lipinski definition) is 4. The fraction of sp³-hybridized carbons (Fsp3) is 0.364. The molecule has 0 saturated heterocycles. The van der Waals surface area contributed by atoms with Crippen LogP contribution in [0.3, 0.4) is 0 Å². The summed E-state index contributed by atoms with van der Waals surface area (Å²) in [5.41, 5.74) is 2.17. The number of benzene rings is 1. The van der Waals surface area contributed by atoms with Crippen LogP contribution in [0.5, 0.6) is 17.2 Å². The van der Waals surface area contributed by atoms with Crippen molar-refractivity contribution in [2.45, 2.75) is 6.42 Å². The molecular weight excluding hydrogens is 274 g/mol. The molecule has 2 aliphatic rings. The van der Waals surface area contributed by atoms with Crippen molar-refractivity contribution >= 4 is 20.6 Å². The van der Waals surface area contributed by atoms with E-state index in [0.717, 1.165) is 28.9 Å². The SMILES string of the molecule is COc1c2c(cc3c1C(Br)=NCC3)OCO2. The van der Waals surface area contributed by atoms with Gasteiger partial charge in [-0.1, -0.05) is 0 Å². The first kappa shape index (κ1) is 9.96. The van der Waals surface area contributed by atoms with Gasteiger partial charge < -0.3 is 14.2 Å². The lowest BCUT2D eigenvalue weighted by atomic mass is 10.0. The van der Waals surface area contributed by atoms with Gasteiger partial charge in [-0.3, -0.25) is 4.99 Å². The average Bonchev–Trinajstić information content (AvgIpc) is 2.74. The molecule has 0 aromatic heterocycles. The van der Waals surface area contributed by atoms with Gasteiger partial charge in [-0.05, 0) is 34.0 Å². The summed E-state index contributed by atoms with van der Waals surface area (Å²) in [6.07, 6.45) is 0.900. The minimum absolute atomic E-state index is 0.253. The standard InChI is InChI=1S/C11H10BrNO3/c1-14-10-8-6(2-3-13-11(8)12)4-7-9(10)16-5-15-7/h4H,2-3,5H2,1H3. The van der Waals surface area contributed by atoms with Crippen molar-refractivity contribution in [3.05, 3.63) is 17.2 Å². The second-order valence-electron chi connectivity index (χ2n) is 3.60. The number of methoxy groups -OCH3 is 1. The first-order chi connectivity index (χ1) is 7.81. The maximum Gasteiger partial charge on any atom is 0.231 e. The third-order valence-electron chi connectivity index (χ3n) is 2.74. The molecule has 0 saturated carbocycles. The van der Waals surface area contributed by atoms with E-state index in [1.54, 1.807) is 7.11 Å². The van der Waals surface area contributed by atoms with Crippen molar-refractivity contribution in [3.8, 4) is 17.2 Å². The molecule has 4 nitrogen and oxygen atoms in total. The zero-order chi connectivity index (χ0) is 11.1. The van der Waals surface area contributed by atoms with Crippen LogP contribution in [0.1, 0.15) is 11.1 Å². The fourth-order valence-corrected chi connectivity index (χ4v) is 2.65. The first-order valence-corrected chi connectivity index (χ1v) is 5.80. The summed E-state index contributed by atoms with van der Waals surface area (Å²) in [5, 5.41) is 0.